The lowest BCUT2D eigenvalue weighted by Crippen LogP contribution is -2.10. The van der Waals surface area contributed by atoms with E-state index < -0.39 is 0 Å². The van der Waals surface area contributed by atoms with Crippen LogP contribution in [-0.2, 0) is 0 Å². The maximum Gasteiger partial charge on any atom is 0.143 e. The molecule has 0 bridgehead atoms. The Bertz CT molecular complexity index is 2740. The van der Waals surface area contributed by atoms with E-state index in [0.29, 0.717) is 0 Å². The Morgan fingerprint density at radius 2 is 0.938 bits per heavy atom. The molecule has 0 aliphatic carbocycles. The molecule has 2 nitrogen and oxygen atoms in total. The first-order chi connectivity index (χ1) is 23.8. The number of benzene rings is 9. The van der Waals surface area contributed by atoms with Gasteiger partial charge < -0.3 is 9.32 Å². The van der Waals surface area contributed by atoms with Crippen molar-refractivity contribution >= 4 is 71.3 Å². The van der Waals surface area contributed by atoms with Crippen molar-refractivity contribution in [3.05, 3.63) is 176 Å². The minimum Gasteiger partial charge on any atom is -0.455 e. The lowest BCUT2D eigenvalue weighted by Gasteiger charge is -2.28. The second-order valence-electron chi connectivity index (χ2n) is 12.5. The fourth-order valence-electron chi connectivity index (χ4n) is 7.54. The molecular formula is C46H29NO. The third kappa shape index (κ3) is 4.13. The maximum atomic E-state index is 6.40. The standard InChI is InChI=1S/C46H29NO/c1-2-8-30(9-3-1)31-18-24-36(25-19-31)47(42-29-23-35-17-16-33-10-6-11-34-22-28-41(42)45(35)44(33)34)37-26-20-32(21-27-37)38-13-7-14-40-39-12-4-5-15-43(39)48-46(38)40/h1-29H. The predicted molar refractivity (Wildman–Crippen MR) is 203 cm³/mol. The summed E-state index contributed by atoms with van der Waals surface area (Å²) in [6, 6.07) is 63.3. The highest BCUT2D eigenvalue weighted by atomic mass is 16.3. The lowest BCUT2D eigenvalue weighted by atomic mass is 9.93. The van der Waals surface area contributed by atoms with Crippen LogP contribution in [0.4, 0.5) is 17.1 Å². The zero-order valence-electron chi connectivity index (χ0n) is 26.1. The van der Waals surface area contributed by atoms with Gasteiger partial charge in [-0.3, -0.25) is 0 Å². The van der Waals surface area contributed by atoms with Crippen LogP contribution in [0, 0.1) is 0 Å². The van der Waals surface area contributed by atoms with Gasteiger partial charge in [-0.05, 0) is 80.0 Å². The fourth-order valence-corrected chi connectivity index (χ4v) is 7.54. The van der Waals surface area contributed by atoms with E-state index in [-0.39, 0.29) is 0 Å². The lowest BCUT2D eigenvalue weighted by molar-refractivity contribution is 0.670. The summed E-state index contributed by atoms with van der Waals surface area (Å²) < 4.78 is 6.40. The van der Waals surface area contributed by atoms with E-state index in [9.17, 15) is 0 Å². The number of hydrogen-bond acceptors (Lipinski definition) is 2. The summed E-state index contributed by atoms with van der Waals surface area (Å²) in [6.45, 7) is 0. The maximum absolute atomic E-state index is 6.40. The average molecular weight is 612 g/mol. The molecule has 1 aromatic heterocycles. The zero-order valence-corrected chi connectivity index (χ0v) is 26.1. The summed E-state index contributed by atoms with van der Waals surface area (Å²) in [4.78, 5) is 2.40. The molecule has 0 aliphatic heterocycles. The van der Waals surface area contributed by atoms with E-state index in [1.807, 2.05) is 12.1 Å². The van der Waals surface area contributed by atoms with E-state index in [2.05, 4.69) is 169 Å². The van der Waals surface area contributed by atoms with Crippen LogP contribution in [-0.4, -0.2) is 0 Å². The molecule has 10 rings (SSSR count). The summed E-state index contributed by atoms with van der Waals surface area (Å²) in [5.74, 6) is 0. The van der Waals surface area contributed by atoms with Crippen molar-refractivity contribution in [2.75, 3.05) is 4.90 Å². The van der Waals surface area contributed by atoms with Gasteiger partial charge in [0, 0.05) is 33.1 Å². The van der Waals surface area contributed by atoms with Crippen molar-refractivity contribution in [1.29, 1.82) is 0 Å². The van der Waals surface area contributed by atoms with Gasteiger partial charge in [-0.25, -0.2) is 0 Å². The molecule has 2 heteroatoms. The minimum absolute atomic E-state index is 0.913. The van der Waals surface area contributed by atoms with E-state index >= 15 is 0 Å². The molecule has 0 radical (unpaired) electrons. The number of nitrogens with zero attached hydrogens (tertiary/aromatic N) is 1. The molecule has 0 saturated carbocycles. The van der Waals surface area contributed by atoms with Crippen LogP contribution in [0.25, 0.3) is 76.5 Å². The van der Waals surface area contributed by atoms with Gasteiger partial charge in [0.25, 0.3) is 0 Å². The van der Waals surface area contributed by atoms with Gasteiger partial charge in [0.2, 0.25) is 0 Å². The van der Waals surface area contributed by atoms with Gasteiger partial charge in [0.1, 0.15) is 11.2 Å². The molecule has 0 saturated heterocycles. The summed E-state index contributed by atoms with van der Waals surface area (Å²) in [5, 5.41) is 9.94. The summed E-state index contributed by atoms with van der Waals surface area (Å²) in [6.07, 6.45) is 0. The summed E-state index contributed by atoms with van der Waals surface area (Å²) in [7, 11) is 0. The average Bonchev–Trinajstić information content (AvgIpc) is 3.54. The third-order valence-corrected chi connectivity index (χ3v) is 9.82. The highest BCUT2D eigenvalue weighted by Crippen LogP contribution is 2.45. The second kappa shape index (κ2) is 10.6. The highest BCUT2D eigenvalue weighted by Gasteiger charge is 2.19. The van der Waals surface area contributed by atoms with Crippen molar-refractivity contribution in [2.24, 2.45) is 0 Å². The quantitative estimate of drug-likeness (QED) is 0.180. The number of furan rings is 1. The topological polar surface area (TPSA) is 16.4 Å². The molecule has 0 aliphatic rings. The summed E-state index contributed by atoms with van der Waals surface area (Å²) in [5.41, 5.74) is 9.82. The Hall–Kier alpha value is -6.38. The molecule has 0 unspecified atom stereocenters. The van der Waals surface area contributed by atoms with Gasteiger partial charge in [-0.15, -0.1) is 0 Å². The van der Waals surface area contributed by atoms with Crippen molar-refractivity contribution in [2.45, 2.75) is 0 Å². The number of fused-ring (bicyclic) bond motifs is 3. The third-order valence-electron chi connectivity index (χ3n) is 9.82. The van der Waals surface area contributed by atoms with Crippen molar-refractivity contribution in [3.8, 4) is 22.3 Å². The fraction of sp³-hybridized carbons (Fsp3) is 0. The van der Waals surface area contributed by atoms with Crippen molar-refractivity contribution < 1.29 is 4.42 Å². The Labute approximate surface area is 278 Å². The van der Waals surface area contributed by atoms with Gasteiger partial charge in [-0.1, -0.05) is 140 Å². The van der Waals surface area contributed by atoms with Crippen molar-refractivity contribution in [3.63, 3.8) is 0 Å². The van der Waals surface area contributed by atoms with Crippen LogP contribution in [0.3, 0.4) is 0 Å². The molecule has 0 fully saturated rings. The minimum atomic E-state index is 0.913. The molecule has 10 aromatic rings. The van der Waals surface area contributed by atoms with Crippen LogP contribution >= 0.6 is 0 Å². The Balaban J connectivity index is 1.15. The smallest absolute Gasteiger partial charge is 0.143 e. The van der Waals surface area contributed by atoms with Crippen LogP contribution in [0.1, 0.15) is 0 Å². The van der Waals surface area contributed by atoms with Crippen molar-refractivity contribution in [1.82, 2.24) is 0 Å². The molecule has 1 heterocycles. The van der Waals surface area contributed by atoms with Crippen LogP contribution in [0.5, 0.6) is 0 Å². The molecule has 0 spiro atoms. The first-order valence-electron chi connectivity index (χ1n) is 16.4. The highest BCUT2D eigenvalue weighted by molar-refractivity contribution is 6.25. The van der Waals surface area contributed by atoms with Crippen LogP contribution < -0.4 is 4.90 Å². The molecule has 0 amide bonds. The Kier molecular flexibility index (Phi) is 5.91. The Morgan fingerprint density at radius 3 is 1.71 bits per heavy atom. The van der Waals surface area contributed by atoms with Gasteiger partial charge in [0.05, 0.1) is 5.69 Å². The van der Waals surface area contributed by atoms with Crippen LogP contribution in [0.15, 0.2) is 180 Å². The molecule has 0 atom stereocenters. The van der Waals surface area contributed by atoms with Crippen LogP contribution in [0.2, 0.25) is 0 Å². The SMILES string of the molecule is c1ccc(-c2ccc(N(c3ccc(-c4cccc5c4oc4ccccc45)cc3)c3ccc4ccc5cccc6ccc3c4c56)cc2)cc1. The van der Waals surface area contributed by atoms with Gasteiger partial charge in [0.15, 0.2) is 0 Å². The zero-order chi connectivity index (χ0) is 31.6. The molecule has 9 aromatic carbocycles. The van der Waals surface area contributed by atoms with Gasteiger partial charge in [-0.2, -0.15) is 0 Å². The summed E-state index contributed by atoms with van der Waals surface area (Å²) >= 11 is 0. The number of rotatable bonds is 5. The first kappa shape index (κ1) is 26.8. The normalized spacial score (nSPS) is 11.8. The first-order valence-corrected chi connectivity index (χ1v) is 16.4. The Morgan fingerprint density at radius 1 is 0.354 bits per heavy atom. The predicted octanol–water partition coefficient (Wildman–Crippen LogP) is 13.3. The van der Waals surface area contributed by atoms with Gasteiger partial charge >= 0.3 is 0 Å². The molecule has 0 N–H and O–H groups in total. The molecular weight excluding hydrogens is 583 g/mol. The van der Waals surface area contributed by atoms with E-state index in [4.69, 9.17) is 4.42 Å². The largest absolute Gasteiger partial charge is 0.455 e. The van der Waals surface area contributed by atoms with E-state index in [0.717, 1.165) is 50.1 Å². The monoisotopic (exact) mass is 611 g/mol. The second-order valence-corrected chi connectivity index (χ2v) is 12.5. The number of anilines is 3. The molecule has 48 heavy (non-hydrogen) atoms. The number of hydrogen-bond donors (Lipinski definition) is 0. The van der Waals surface area contributed by atoms with E-state index in [1.54, 1.807) is 0 Å². The van der Waals surface area contributed by atoms with E-state index in [1.165, 1.54) is 43.4 Å². The number of para-hydroxylation sites is 2. The molecule has 224 valence electrons.